The number of aryl methyl sites for hydroxylation is 6. The van der Waals surface area contributed by atoms with Crippen LogP contribution >= 0.6 is 0 Å². The second kappa shape index (κ2) is 23.1. The average Bonchev–Trinajstić information content (AvgIpc) is 3.61. The van der Waals surface area contributed by atoms with Gasteiger partial charge in [0, 0.05) is 26.0 Å². The van der Waals surface area contributed by atoms with Gasteiger partial charge in [0.05, 0.1) is 5.69 Å². The van der Waals surface area contributed by atoms with Gasteiger partial charge in [-0.15, -0.1) is 94.5 Å². The van der Waals surface area contributed by atoms with Crippen LogP contribution < -0.4 is 0 Å². The van der Waals surface area contributed by atoms with Crippen LogP contribution in [0.4, 0.5) is 0 Å². The quantitative estimate of drug-likeness (QED) is 0.102. The summed E-state index contributed by atoms with van der Waals surface area (Å²) in [6.07, 6.45) is 6.12. The van der Waals surface area contributed by atoms with E-state index in [1.807, 2.05) is 36.4 Å². The van der Waals surface area contributed by atoms with Crippen molar-refractivity contribution in [2.75, 3.05) is 0 Å². The third kappa shape index (κ3) is 11.5. The molecule has 0 aliphatic carbocycles. The molecule has 77 heavy (non-hydrogen) atoms. The number of hydrogen-bond donors (Lipinski definition) is 0. The van der Waals surface area contributed by atoms with Gasteiger partial charge in [0.2, 0.25) is 0 Å². The molecule has 9 aromatic carbocycles. The Bertz CT molecular complexity index is 4100. The fourth-order valence-electron chi connectivity index (χ4n) is 10.2. The minimum absolute atomic E-state index is 0. The van der Waals surface area contributed by atoms with E-state index in [2.05, 4.69) is 198 Å². The first kappa shape index (κ1) is 43.6. The molecule has 0 amide bonds. The molecule has 4 heteroatoms. The van der Waals surface area contributed by atoms with E-state index in [-0.39, 0.29) is 31.2 Å². The molecule has 3 heterocycles. The van der Waals surface area contributed by atoms with Crippen LogP contribution in [0.15, 0.2) is 243 Å². The summed E-state index contributed by atoms with van der Waals surface area (Å²) in [5, 5.41) is 2.20. The van der Waals surface area contributed by atoms with Gasteiger partial charge in [0.25, 0.3) is 0 Å². The number of rotatable bonds is 14. The number of aromatic nitrogens is 3. The van der Waals surface area contributed by atoms with Crippen molar-refractivity contribution in [1.82, 2.24) is 15.0 Å². The zero-order chi connectivity index (χ0) is 56.2. The Labute approximate surface area is 474 Å². The van der Waals surface area contributed by atoms with Crippen LogP contribution in [0.5, 0.6) is 0 Å². The van der Waals surface area contributed by atoms with Crippen LogP contribution in [0, 0.1) is 31.9 Å². The van der Waals surface area contributed by atoms with E-state index in [9.17, 15) is 0 Å². The first-order valence-corrected chi connectivity index (χ1v) is 25.7. The van der Waals surface area contributed by atoms with Gasteiger partial charge < -0.3 is 9.97 Å². The molecular formula is C73H54IrN3. The van der Waals surface area contributed by atoms with E-state index in [1.54, 1.807) is 24.5 Å². The van der Waals surface area contributed by atoms with E-state index in [0.29, 0.717) is 11.4 Å². The van der Waals surface area contributed by atoms with Crippen LogP contribution in [-0.4, -0.2) is 15.0 Å². The summed E-state index contributed by atoms with van der Waals surface area (Å²) < 4.78 is 47.5. The summed E-state index contributed by atoms with van der Waals surface area (Å²) in [6.45, 7) is -4.46. The zero-order valence-corrected chi connectivity index (χ0v) is 44.5. The Morgan fingerprint density at radius 1 is 0.364 bits per heavy atom. The molecule has 0 radical (unpaired) electrons. The molecule has 12 rings (SSSR count). The SMILES string of the molecule is [2H]C([2H])([2H])c1ccnc(-c2[c-]cc(CCc3cc(CCc4c[c-]c(-c5cc(C([2H])([2H])[2H])ccn5)cc4)cc(-c4ccccc4-c4c[c-]c(-c5cc6ccccc6c(-c6ccccc6)n5)cc4-c4ccc(-c5ccccc5)cc4)c3)cc2)c1.[Ir+3]. The Hall–Kier alpha value is -8.66. The largest absolute Gasteiger partial charge is 3.00 e. The van der Waals surface area contributed by atoms with Crippen LogP contribution in [0.1, 0.15) is 41.6 Å². The molecule has 0 N–H and O–H groups in total. The van der Waals surface area contributed by atoms with Gasteiger partial charge in [-0.3, -0.25) is 4.98 Å². The van der Waals surface area contributed by atoms with Gasteiger partial charge >= 0.3 is 20.1 Å². The first-order chi connectivity index (χ1) is 39.9. The molecule has 0 bridgehead atoms. The predicted molar refractivity (Wildman–Crippen MR) is 315 cm³/mol. The normalized spacial score (nSPS) is 12.6. The molecule has 0 spiro atoms. The van der Waals surface area contributed by atoms with Crippen molar-refractivity contribution in [3.05, 3.63) is 294 Å². The molecule has 0 aliphatic rings. The number of nitrogens with zero attached hydrogens (tertiary/aromatic N) is 3. The summed E-state index contributed by atoms with van der Waals surface area (Å²) in [4.78, 5) is 14.3. The maximum absolute atomic E-state index is 7.91. The number of fused-ring (bicyclic) bond motifs is 1. The smallest absolute Gasteiger partial charge is 0.305 e. The summed E-state index contributed by atoms with van der Waals surface area (Å²) in [5.41, 5.74) is 20.2. The third-order valence-corrected chi connectivity index (χ3v) is 14.1. The summed E-state index contributed by atoms with van der Waals surface area (Å²) in [6, 6.07) is 89.2. The van der Waals surface area contributed by atoms with Crippen LogP contribution in [0.3, 0.4) is 0 Å². The standard InChI is InChI=1S/C73H54N3.Ir/c1-50-39-41-74-70(43-50)59-29-25-52(26-30-59)21-23-54-45-55(24-22-53-27-31-60(32-28-53)71-44-51(2)40-42-75-71)47-64(46-54)65-18-11-12-20-67(65)68-38-37-63(48-69(68)58-35-33-57(34-36-58)56-13-5-3-6-14-56)72-49-62-17-9-10-19-66(62)73(76-72)61-15-7-4-8-16-61;/h3-20,25-29,31,33-36,38-49H,21-24H2,1-2H3;/q-3;+3/i1D3,2D3;. The van der Waals surface area contributed by atoms with E-state index in [1.165, 1.54) is 23.3 Å². The van der Waals surface area contributed by atoms with Gasteiger partial charge in [-0.05, 0) is 106 Å². The third-order valence-electron chi connectivity index (χ3n) is 14.1. The maximum atomic E-state index is 7.91. The number of hydrogen-bond acceptors (Lipinski definition) is 3. The summed E-state index contributed by atoms with van der Waals surface area (Å²) in [7, 11) is 0. The minimum atomic E-state index is -2.23. The van der Waals surface area contributed by atoms with Crippen molar-refractivity contribution >= 4 is 10.8 Å². The Morgan fingerprint density at radius 3 is 1.51 bits per heavy atom. The number of pyridine rings is 3. The molecule has 370 valence electrons. The summed E-state index contributed by atoms with van der Waals surface area (Å²) >= 11 is 0. The topological polar surface area (TPSA) is 38.7 Å². The average molecular weight is 1170 g/mol. The van der Waals surface area contributed by atoms with E-state index >= 15 is 0 Å². The Balaban J connectivity index is 0.00000721. The van der Waals surface area contributed by atoms with Crippen LogP contribution in [-0.2, 0) is 45.8 Å². The second-order valence-corrected chi connectivity index (χ2v) is 19.2. The number of benzene rings is 9. The molecule has 0 unspecified atom stereocenters. The van der Waals surface area contributed by atoms with Gasteiger partial charge in [-0.25, -0.2) is 0 Å². The van der Waals surface area contributed by atoms with Gasteiger partial charge in [0.1, 0.15) is 0 Å². The van der Waals surface area contributed by atoms with Crippen LogP contribution in [0.2, 0.25) is 0 Å². The minimum Gasteiger partial charge on any atom is -0.305 e. The molecule has 3 aromatic heterocycles. The monoisotopic (exact) mass is 1170 g/mol. The predicted octanol–water partition coefficient (Wildman–Crippen LogP) is 17.9. The molecule has 0 aliphatic heterocycles. The fourth-order valence-corrected chi connectivity index (χ4v) is 10.2. The second-order valence-electron chi connectivity index (χ2n) is 19.2. The van der Waals surface area contributed by atoms with Gasteiger partial charge in [-0.2, -0.15) is 0 Å². The van der Waals surface area contributed by atoms with E-state index < -0.39 is 13.7 Å². The van der Waals surface area contributed by atoms with Crippen molar-refractivity contribution in [3.63, 3.8) is 0 Å². The van der Waals surface area contributed by atoms with Crippen molar-refractivity contribution < 1.29 is 28.3 Å². The van der Waals surface area contributed by atoms with Gasteiger partial charge in [-0.1, -0.05) is 211 Å². The van der Waals surface area contributed by atoms with E-state index in [0.717, 1.165) is 126 Å². The van der Waals surface area contributed by atoms with Crippen molar-refractivity contribution in [1.29, 1.82) is 0 Å². The fraction of sp³-hybridized carbons (Fsp3) is 0.0822. The van der Waals surface area contributed by atoms with E-state index in [4.69, 9.17) is 13.2 Å². The molecule has 0 atom stereocenters. The Kier molecular flexibility index (Phi) is 13.1. The van der Waals surface area contributed by atoms with Gasteiger partial charge in [0.15, 0.2) is 0 Å². The van der Waals surface area contributed by atoms with Crippen LogP contribution in [0.25, 0.3) is 100 Å². The summed E-state index contributed by atoms with van der Waals surface area (Å²) in [5.74, 6) is 0. The molecular weight excluding hydrogens is 1110 g/mol. The molecule has 0 saturated carbocycles. The molecule has 0 saturated heterocycles. The zero-order valence-electron chi connectivity index (χ0n) is 48.1. The molecule has 3 nitrogen and oxygen atoms in total. The molecule has 0 fully saturated rings. The first-order valence-electron chi connectivity index (χ1n) is 28.7. The molecule has 12 aromatic rings. The van der Waals surface area contributed by atoms with Crippen molar-refractivity contribution in [2.45, 2.75) is 39.4 Å². The van der Waals surface area contributed by atoms with Crippen molar-refractivity contribution in [3.8, 4) is 89.5 Å². The maximum Gasteiger partial charge on any atom is 3.00 e. The Morgan fingerprint density at radius 2 is 0.896 bits per heavy atom. The van der Waals surface area contributed by atoms with Crippen molar-refractivity contribution in [2.24, 2.45) is 0 Å².